The first-order valence-corrected chi connectivity index (χ1v) is 8.03. The number of hydrogen-bond acceptors (Lipinski definition) is 4. The van der Waals surface area contributed by atoms with Crippen LogP contribution in [0.5, 0.6) is 0 Å². The molecule has 1 aromatic rings. The predicted octanol–water partition coefficient (Wildman–Crippen LogP) is 1.43. The lowest BCUT2D eigenvalue weighted by molar-refractivity contribution is -0.113. The molecule has 0 aliphatic rings. The topological polar surface area (TPSA) is 89.3 Å². The molecule has 0 saturated heterocycles. The Hall–Kier alpha value is -1.11. The van der Waals surface area contributed by atoms with E-state index in [2.05, 4.69) is 5.32 Å². The monoisotopic (exact) mass is 304 g/mol. The van der Waals surface area contributed by atoms with Crippen LogP contribution in [0.1, 0.15) is 13.3 Å². The van der Waals surface area contributed by atoms with Crippen molar-refractivity contribution in [3.63, 3.8) is 0 Å². The molecule has 0 heterocycles. The van der Waals surface area contributed by atoms with Gasteiger partial charge >= 0.3 is 0 Å². The normalized spacial score (nSPS) is 13.0. The Morgan fingerprint density at radius 1 is 1.47 bits per heavy atom. The van der Waals surface area contributed by atoms with Crippen molar-refractivity contribution in [2.75, 3.05) is 16.8 Å². The molecule has 19 heavy (non-hydrogen) atoms. The van der Waals surface area contributed by atoms with Gasteiger partial charge in [0.15, 0.2) is 9.84 Å². The van der Waals surface area contributed by atoms with Gasteiger partial charge in [-0.1, -0.05) is 24.6 Å². The summed E-state index contributed by atoms with van der Waals surface area (Å²) in [6.45, 7) is 1.80. The van der Waals surface area contributed by atoms with Crippen molar-refractivity contribution in [3.8, 4) is 0 Å². The summed E-state index contributed by atoms with van der Waals surface area (Å²) in [7, 11) is -3.49. The van der Waals surface area contributed by atoms with Gasteiger partial charge in [0.2, 0.25) is 5.91 Å². The van der Waals surface area contributed by atoms with E-state index in [0.29, 0.717) is 17.1 Å². The summed E-state index contributed by atoms with van der Waals surface area (Å²) in [5.41, 5.74) is 6.04. The summed E-state index contributed by atoms with van der Waals surface area (Å²) < 4.78 is 23.4. The Labute approximate surface area is 118 Å². The van der Waals surface area contributed by atoms with Gasteiger partial charge < -0.3 is 11.1 Å². The van der Waals surface area contributed by atoms with E-state index in [1.807, 2.05) is 0 Å². The second-order valence-electron chi connectivity index (χ2n) is 4.28. The Morgan fingerprint density at radius 3 is 2.74 bits per heavy atom. The molecular weight excluding hydrogens is 288 g/mol. The van der Waals surface area contributed by atoms with Crippen molar-refractivity contribution >= 4 is 33.0 Å². The highest BCUT2D eigenvalue weighted by Gasteiger charge is 2.19. The van der Waals surface area contributed by atoms with E-state index in [0.717, 1.165) is 0 Å². The minimum atomic E-state index is -3.49. The van der Waals surface area contributed by atoms with Gasteiger partial charge in [-0.3, -0.25) is 4.79 Å². The fourth-order valence-corrected chi connectivity index (χ4v) is 3.13. The molecule has 1 rings (SSSR count). The van der Waals surface area contributed by atoms with Gasteiger partial charge in [0, 0.05) is 16.8 Å². The molecule has 5 nitrogen and oxygen atoms in total. The molecule has 0 fully saturated rings. The maximum atomic E-state index is 11.7. The molecule has 1 amide bonds. The van der Waals surface area contributed by atoms with Gasteiger partial charge in [-0.2, -0.15) is 0 Å². The number of sulfone groups is 1. The summed E-state index contributed by atoms with van der Waals surface area (Å²) in [6.07, 6.45) is 0.551. The standard InChI is InChI=1S/C12H17ClN2O3S/c1-2-10(14)7-19(17,18)8-12(16)15-11-5-3-4-9(13)6-11/h3-6,10H,2,7-8,14H2,1H3,(H,15,16). The van der Waals surface area contributed by atoms with E-state index >= 15 is 0 Å². The highest BCUT2D eigenvalue weighted by molar-refractivity contribution is 7.92. The second-order valence-corrected chi connectivity index (χ2v) is 6.83. The Bertz CT molecular complexity index is 546. The van der Waals surface area contributed by atoms with Crippen LogP contribution in [0.2, 0.25) is 5.02 Å². The van der Waals surface area contributed by atoms with Crippen LogP contribution in [-0.4, -0.2) is 31.9 Å². The number of carbonyl (C=O) groups is 1. The quantitative estimate of drug-likeness (QED) is 0.832. The van der Waals surface area contributed by atoms with E-state index < -0.39 is 27.5 Å². The fraction of sp³-hybridized carbons (Fsp3) is 0.417. The summed E-state index contributed by atoms with van der Waals surface area (Å²) in [5, 5.41) is 2.95. The molecule has 1 atom stereocenters. The molecule has 1 unspecified atom stereocenters. The molecule has 0 aliphatic carbocycles. The number of hydrogen-bond donors (Lipinski definition) is 2. The maximum Gasteiger partial charge on any atom is 0.239 e. The fourth-order valence-electron chi connectivity index (χ4n) is 1.47. The first-order valence-electron chi connectivity index (χ1n) is 5.84. The Kier molecular flexibility index (Phi) is 5.78. The van der Waals surface area contributed by atoms with Crippen LogP contribution in [0.25, 0.3) is 0 Å². The van der Waals surface area contributed by atoms with Crippen molar-refractivity contribution in [2.24, 2.45) is 5.73 Å². The van der Waals surface area contributed by atoms with Gasteiger partial charge in [-0.25, -0.2) is 8.42 Å². The van der Waals surface area contributed by atoms with Crippen LogP contribution in [0, 0.1) is 0 Å². The van der Waals surface area contributed by atoms with Gasteiger partial charge in [0.05, 0.1) is 5.75 Å². The lowest BCUT2D eigenvalue weighted by atomic mass is 10.3. The van der Waals surface area contributed by atoms with Crippen LogP contribution in [-0.2, 0) is 14.6 Å². The number of halogens is 1. The highest BCUT2D eigenvalue weighted by Crippen LogP contribution is 2.14. The average molecular weight is 305 g/mol. The van der Waals surface area contributed by atoms with Crippen molar-refractivity contribution in [1.82, 2.24) is 0 Å². The summed E-state index contributed by atoms with van der Waals surface area (Å²) in [4.78, 5) is 11.6. The minimum absolute atomic E-state index is 0.188. The minimum Gasteiger partial charge on any atom is -0.327 e. The summed E-state index contributed by atoms with van der Waals surface area (Å²) >= 11 is 5.76. The third-order valence-corrected chi connectivity index (χ3v) is 4.32. The largest absolute Gasteiger partial charge is 0.327 e. The summed E-state index contributed by atoms with van der Waals surface area (Å²) in [5.74, 6) is -1.36. The molecule has 0 aromatic heterocycles. The zero-order valence-corrected chi connectivity index (χ0v) is 12.2. The van der Waals surface area contributed by atoms with Gasteiger partial charge in [0.1, 0.15) is 5.75 Å². The lowest BCUT2D eigenvalue weighted by Gasteiger charge is -2.10. The van der Waals surface area contributed by atoms with Gasteiger partial charge in [-0.05, 0) is 24.6 Å². The number of anilines is 1. The summed E-state index contributed by atoms with van der Waals surface area (Å²) in [6, 6.07) is 6.06. The van der Waals surface area contributed by atoms with Crippen LogP contribution in [0.15, 0.2) is 24.3 Å². The maximum absolute atomic E-state index is 11.7. The van der Waals surface area contributed by atoms with E-state index in [9.17, 15) is 13.2 Å². The van der Waals surface area contributed by atoms with E-state index in [-0.39, 0.29) is 5.75 Å². The molecule has 0 radical (unpaired) electrons. The number of carbonyl (C=O) groups excluding carboxylic acids is 1. The number of benzene rings is 1. The molecule has 0 saturated carbocycles. The molecule has 1 aromatic carbocycles. The molecule has 106 valence electrons. The Balaban J connectivity index is 2.60. The molecule has 7 heteroatoms. The van der Waals surface area contributed by atoms with Gasteiger partial charge in [0.25, 0.3) is 0 Å². The van der Waals surface area contributed by atoms with Crippen LogP contribution >= 0.6 is 11.6 Å². The third-order valence-electron chi connectivity index (χ3n) is 2.45. The molecule has 0 bridgehead atoms. The van der Waals surface area contributed by atoms with Crippen molar-refractivity contribution in [1.29, 1.82) is 0 Å². The molecule has 0 aliphatic heterocycles. The SMILES string of the molecule is CCC(N)CS(=O)(=O)CC(=O)Nc1cccc(Cl)c1. The first-order chi connectivity index (χ1) is 8.82. The number of amides is 1. The van der Waals surface area contributed by atoms with E-state index in [1.54, 1.807) is 31.2 Å². The number of rotatable bonds is 6. The zero-order valence-electron chi connectivity index (χ0n) is 10.6. The van der Waals surface area contributed by atoms with E-state index in [1.165, 1.54) is 0 Å². The molecule has 3 N–H and O–H groups in total. The predicted molar refractivity (Wildman–Crippen MR) is 77.0 cm³/mol. The number of nitrogens with two attached hydrogens (primary N) is 1. The van der Waals surface area contributed by atoms with Crippen LogP contribution in [0.3, 0.4) is 0 Å². The third kappa shape index (κ3) is 6.04. The Morgan fingerprint density at radius 2 is 2.16 bits per heavy atom. The molecular formula is C12H17ClN2O3S. The second kappa shape index (κ2) is 6.88. The zero-order chi connectivity index (χ0) is 14.5. The van der Waals surface area contributed by atoms with Crippen molar-refractivity contribution in [3.05, 3.63) is 29.3 Å². The first kappa shape index (κ1) is 15.9. The highest BCUT2D eigenvalue weighted by atomic mass is 35.5. The molecule has 0 spiro atoms. The van der Waals surface area contributed by atoms with Crippen LogP contribution < -0.4 is 11.1 Å². The number of nitrogens with one attached hydrogen (secondary N) is 1. The van der Waals surface area contributed by atoms with Crippen LogP contribution in [0.4, 0.5) is 5.69 Å². The van der Waals surface area contributed by atoms with E-state index in [4.69, 9.17) is 17.3 Å². The van der Waals surface area contributed by atoms with Crippen molar-refractivity contribution < 1.29 is 13.2 Å². The lowest BCUT2D eigenvalue weighted by Crippen LogP contribution is -2.33. The smallest absolute Gasteiger partial charge is 0.239 e. The van der Waals surface area contributed by atoms with Gasteiger partial charge in [-0.15, -0.1) is 0 Å². The van der Waals surface area contributed by atoms with Crippen molar-refractivity contribution in [2.45, 2.75) is 19.4 Å². The average Bonchev–Trinajstić information content (AvgIpc) is 2.26.